The number of ether oxygens (including phenoxy) is 1. The van der Waals surface area contributed by atoms with Gasteiger partial charge in [0.25, 0.3) is 5.91 Å². The summed E-state index contributed by atoms with van der Waals surface area (Å²) in [6.07, 6.45) is 0. The van der Waals surface area contributed by atoms with Gasteiger partial charge in [0.2, 0.25) is 0 Å². The number of anilines is 1. The van der Waals surface area contributed by atoms with Crippen molar-refractivity contribution in [1.29, 1.82) is 0 Å². The molecule has 0 heterocycles. The molecule has 0 fully saturated rings. The van der Waals surface area contributed by atoms with Crippen LogP contribution in [0.25, 0.3) is 0 Å². The number of halogens is 2. The molecular weight excluding hydrogens is 405 g/mol. The Morgan fingerprint density at radius 1 is 1.14 bits per heavy atom. The molecule has 2 rings (SSSR count). The van der Waals surface area contributed by atoms with Crippen molar-refractivity contribution in [3.63, 3.8) is 0 Å². The number of rotatable bonds is 3. The summed E-state index contributed by atoms with van der Waals surface area (Å²) in [6.45, 7) is 0. The van der Waals surface area contributed by atoms with Gasteiger partial charge in [-0.1, -0.05) is 17.7 Å². The molecular formula is C15H11ClINO3. The Kier molecular flexibility index (Phi) is 5.19. The van der Waals surface area contributed by atoms with Gasteiger partial charge in [0, 0.05) is 14.8 Å². The van der Waals surface area contributed by atoms with E-state index in [-0.39, 0.29) is 5.91 Å². The number of nitrogens with one attached hydrogen (secondary N) is 1. The van der Waals surface area contributed by atoms with Gasteiger partial charge in [0.05, 0.1) is 17.7 Å². The van der Waals surface area contributed by atoms with E-state index in [0.717, 1.165) is 3.57 Å². The molecule has 2 aromatic carbocycles. The van der Waals surface area contributed by atoms with Crippen molar-refractivity contribution in [3.8, 4) is 0 Å². The molecule has 0 unspecified atom stereocenters. The number of esters is 1. The normalized spacial score (nSPS) is 10.0. The van der Waals surface area contributed by atoms with Gasteiger partial charge >= 0.3 is 5.97 Å². The summed E-state index contributed by atoms with van der Waals surface area (Å²) in [5.74, 6) is -0.751. The zero-order chi connectivity index (χ0) is 15.4. The fraction of sp³-hybridized carbons (Fsp3) is 0.0667. The van der Waals surface area contributed by atoms with E-state index in [1.165, 1.54) is 7.11 Å². The number of carbonyl (C=O) groups excluding carboxylic acids is 2. The van der Waals surface area contributed by atoms with Crippen molar-refractivity contribution >= 4 is 51.8 Å². The molecule has 0 aliphatic rings. The smallest absolute Gasteiger partial charge is 0.337 e. The minimum absolute atomic E-state index is 0.296. The molecule has 0 spiro atoms. The Labute approximate surface area is 140 Å². The summed E-state index contributed by atoms with van der Waals surface area (Å²) >= 11 is 8.09. The van der Waals surface area contributed by atoms with E-state index in [1.54, 1.807) is 42.5 Å². The number of hydrogen-bond acceptors (Lipinski definition) is 3. The Morgan fingerprint density at radius 3 is 2.57 bits per heavy atom. The highest BCUT2D eigenvalue weighted by molar-refractivity contribution is 14.1. The summed E-state index contributed by atoms with van der Waals surface area (Å²) < 4.78 is 5.51. The van der Waals surface area contributed by atoms with E-state index < -0.39 is 5.97 Å². The predicted octanol–water partition coefficient (Wildman–Crippen LogP) is 3.98. The fourth-order valence-corrected chi connectivity index (χ4v) is 2.20. The average Bonchev–Trinajstić information content (AvgIpc) is 2.49. The second-order valence-corrected chi connectivity index (χ2v) is 5.72. The Bertz CT molecular complexity index is 703. The third-order valence-electron chi connectivity index (χ3n) is 2.72. The molecule has 21 heavy (non-hydrogen) atoms. The average molecular weight is 416 g/mol. The van der Waals surface area contributed by atoms with Crippen LogP contribution in [-0.4, -0.2) is 19.0 Å². The van der Waals surface area contributed by atoms with Gasteiger partial charge in [0.1, 0.15) is 0 Å². The highest BCUT2D eigenvalue weighted by atomic mass is 127. The van der Waals surface area contributed by atoms with Crippen LogP contribution in [0.4, 0.5) is 5.69 Å². The first kappa shape index (κ1) is 15.8. The first-order valence-electron chi connectivity index (χ1n) is 5.96. The second kappa shape index (κ2) is 6.91. The maximum atomic E-state index is 12.1. The number of methoxy groups -OCH3 is 1. The Balaban J connectivity index is 2.19. The van der Waals surface area contributed by atoms with Crippen molar-refractivity contribution in [2.45, 2.75) is 0 Å². The molecule has 6 heteroatoms. The Morgan fingerprint density at radius 2 is 1.90 bits per heavy atom. The number of amides is 1. The molecule has 0 bridgehead atoms. The lowest BCUT2D eigenvalue weighted by atomic mass is 10.1. The van der Waals surface area contributed by atoms with Gasteiger partial charge in [-0.3, -0.25) is 4.79 Å². The van der Waals surface area contributed by atoms with E-state index in [2.05, 4.69) is 32.6 Å². The molecule has 0 atom stereocenters. The number of hydrogen-bond donors (Lipinski definition) is 1. The first-order chi connectivity index (χ1) is 10.0. The molecule has 4 nitrogen and oxygen atoms in total. The lowest BCUT2D eigenvalue weighted by Crippen LogP contribution is -2.12. The van der Waals surface area contributed by atoms with Gasteiger partial charge in [-0.2, -0.15) is 0 Å². The van der Waals surface area contributed by atoms with E-state index in [9.17, 15) is 9.59 Å². The predicted molar refractivity (Wildman–Crippen MR) is 89.9 cm³/mol. The monoisotopic (exact) mass is 415 g/mol. The van der Waals surface area contributed by atoms with Crippen LogP contribution in [0.3, 0.4) is 0 Å². The fourth-order valence-electron chi connectivity index (χ4n) is 1.68. The molecule has 0 aliphatic carbocycles. The molecule has 0 aliphatic heterocycles. The van der Waals surface area contributed by atoms with Crippen molar-refractivity contribution in [3.05, 3.63) is 62.2 Å². The van der Waals surface area contributed by atoms with Crippen LogP contribution >= 0.6 is 34.2 Å². The first-order valence-corrected chi connectivity index (χ1v) is 7.41. The maximum absolute atomic E-state index is 12.1. The standard InChI is InChI=1S/C15H11ClINO3/c1-21-15(20)10-3-2-4-11(7-10)18-14(19)9-5-6-13(17)12(16)8-9/h2-8H,1H3,(H,18,19). The maximum Gasteiger partial charge on any atom is 0.337 e. The van der Waals surface area contributed by atoms with Crippen molar-refractivity contribution < 1.29 is 14.3 Å². The molecule has 0 saturated carbocycles. The minimum atomic E-state index is -0.455. The third kappa shape index (κ3) is 3.95. The third-order valence-corrected chi connectivity index (χ3v) is 4.30. The second-order valence-electron chi connectivity index (χ2n) is 4.16. The van der Waals surface area contributed by atoms with Gasteiger partial charge in [-0.05, 0) is 59.0 Å². The zero-order valence-corrected chi connectivity index (χ0v) is 13.9. The van der Waals surface area contributed by atoms with Gasteiger partial charge in [-0.25, -0.2) is 4.79 Å². The summed E-state index contributed by atoms with van der Waals surface area (Å²) in [4.78, 5) is 23.6. The molecule has 0 aromatic heterocycles. The quantitative estimate of drug-likeness (QED) is 0.609. The summed E-state index contributed by atoms with van der Waals surface area (Å²) in [6, 6.07) is 11.6. The zero-order valence-electron chi connectivity index (χ0n) is 11.0. The number of benzene rings is 2. The van der Waals surface area contributed by atoms with Crippen LogP contribution in [0.1, 0.15) is 20.7 Å². The van der Waals surface area contributed by atoms with E-state index in [0.29, 0.717) is 21.8 Å². The van der Waals surface area contributed by atoms with Crippen molar-refractivity contribution in [1.82, 2.24) is 0 Å². The summed E-state index contributed by atoms with van der Waals surface area (Å²) in [5.41, 5.74) is 1.33. The van der Waals surface area contributed by atoms with Gasteiger partial charge in [0.15, 0.2) is 0 Å². The summed E-state index contributed by atoms with van der Waals surface area (Å²) in [5, 5.41) is 3.24. The van der Waals surface area contributed by atoms with Crippen LogP contribution in [0.15, 0.2) is 42.5 Å². The lowest BCUT2D eigenvalue weighted by Gasteiger charge is -2.07. The SMILES string of the molecule is COC(=O)c1cccc(NC(=O)c2ccc(I)c(Cl)c2)c1. The molecule has 108 valence electrons. The van der Waals surface area contributed by atoms with E-state index >= 15 is 0 Å². The van der Waals surface area contributed by atoms with Crippen LogP contribution in [0, 0.1) is 3.57 Å². The lowest BCUT2D eigenvalue weighted by molar-refractivity contribution is 0.0600. The number of carbonyl (C=O) groups is 2. The summed E-state index contributed by atoms with van der Waals surface area (Å²) in [7, 11) is 1.31. The molecule has 0 saturated heterocycles. The van der Waals surface area contributed by atoms with E-state index in [1.807, 2.05) is 0 Å². The van der Waals surface area contributed by atoms with Crippen LogP contribution in [0.5, 0.6) is 0 Å². The topological polar surface area (TPSA) is 55.4 Å². The largest absolute Gasteiger partial charge is 0.465 e. The van der Waals surface area contributed by atoms with Gasteiger partial charge in [-0.15, -0.1) is 0 Å². The highest BCUT2D eigenvalue weighted by Crippen LogP contribution is 2.20. The molecule has 1 N–H and O–H groups in total. The minimum Gasteiger partial charge on any atom is -0.465 e. The molecule has 1 amide bonds. The van der Waals surface area contributed by atoms with Crippen LogP contribution in [0.2, 0.25) is 5.02 Å². The van der Waals surface area contributed by atoms with E-state index in [4.69, 9.17) is 11.6 Å². The van der Waals surface area contributed by atoms with Crippen molar-refractivity contribution in [2.24, 2.45) is 0 Å². The Hall–Kier alpha value is -1.60. The highest BCUT2D eigenvalue weighted by Gasteiger charge is 2.10. The van der Waals surface area contributed by atoms with Crippen LogP contribution < -0.4 is 5.32 Å². The van der Waals surface area contributed by atoms with Gasteiger partial charge < -0.3 is 10.1 Å². The van der Waals surface area contributed by atoms with Crippen molar-refractivity contribution in [2.75, 3.05) is 12.4 Å². The molecule has 2 aromatic rings. The van der Waals surface area contributed by atoms with Crippen LogP contribution in [-0.2, 0) is 4.74 Å². The molecule has 0 radical (unpaired) electrons.